The molecule has 112 valence electrons. The highest BCUT2D eigenvalue weighted by atomic mass is 19.4. The van der Waals surface area contributed by atoms with E-state index in [1.54, 1.807) is 0 Å². The second-order valence-electron chi connectivity index (χ2n) is 5.35. The number of rotatable bonds is 3. The van der Waals surface area contributed by atoms with E-state index in [4.69, 9.17) is 4.74 Å². The molecule has 0 bridgehead atoms. The van der Waals surface area contributed by atoms with Crippen molar-refractivity contribution in [3.63, 3.8) is 0 Å². The third-order valence-electron chi connectivity index (χ3n) is 3.87. The first kappa shape index (κ1) is 15.3. The molecule has 1 N–H and O–H groups in total. The van der Waals surface area contributed by atoms with E-state index in [9.17, 15) is 18.3 Å². The van der Waals surface area contributed by atoms with Gasteiger partial charge in [-0.1, -0.05) is 30.3 Å². The van der Waals surface area contributed by atoms with E-state index >= 15 is 0 Å². The normalized spacial score (nSPS) is 29.1. The smallest absolute Gasteiger partial charge is 0.390 e. The topological polar surface area (TPSA) is 29.5 Å². The number of aliphatic hydroxyl groups excluding tert-OH is 1. The van der Waals surface area contributed by atoms with E-state index in [1.807, 2.05) is 30.3 Å². The molecular formula is C15H19F3O2. The van der Waals surface area contributed by atoms with Crippen LogP contribution in [0.2, 0.25) is 0 Å². The lowest BCUT2D eigenvalue weighted by molar-refractivity contribution is -0.239. The second-order valence-corrected chi connectivity index (χ2v) is 5.35. The van der Waals surface area contributed by atoms with E-state index in [-0.39, 0.29) is 5.92 Å². The van der Waals surface area contributed by atoms with Gasteiger partial charge in [0.15, 0.2) is 6.10 Å². The molecule has 1 saturated carbocycles. The minimum absolute atomic E-state index is 0.144. The number of alkyl halides is 3. The first-order chi connectivity index (χ1) is 9.38. The van der Waals surface area contributed by atoms with Crippen LogP contribution in [0, 0.1) is 0 Å². The number of benzene rings is 1. The maximum atomic E-state index is 12.5. The molecule has 5 heteroatoms. The number of halogens is 3. The highest BCUT2D eigenvalue weighted by Gasteiger charge is 2.41. The summed E-state index contributed by atoms with van der Waals surface area (Å²) in [5, 5.41) is 9.86. The SMILES string of the molecule is CC(OC1CC(c2ccccc2)CCC1O)C(F)(F)F. The minimum atomic E-state index is -4.39. The van der Waals surface area contributed by atoms with E-state index in [0.29, 0.717) is 12.8 Å². The zero-order chi connectivity index (χ0) is 14.8. The first-order valence-corrected chi connectivity index (χ1v) is 6.83. The highest BCUT2D eigenvalue weighted by molar-refractivity contribution is 5.20. The average molecular weight is 288 g/mol. The van der Waals surface area contributed by atoms with Gasteiger partial charge in [-0.15, -0.1) is 0 Å². The van der Waals surface area contributed by atoms with Gasteiger partial charge in [0.2, 0.25) is 0 Å². The molecule has 0 saturated heterocycles. The predicted molar refractivity (Wildman–Crippen MR) is 69.4 cm³/mol. The van der Waals surface area contributed by atoms with Gasteiger partial charge in [0.25, 0.3) is 0 Å². The Balaban J connectivity index is 2.02. The van der Waals surface area contributed by atoms with Crippen LogP contribution in [0.3, 0.4) is 0 Å². The van der Waals surface area contributed by atoms with E-state index in [0.717, 1.165) is 18.9 Å². The Morgan fingerprint density at radius 3 is 2.45 bits per heavy atom. The fourth-order valence-corrected chi connectivity index (χ4v) is 2.63. The lowest BCUT2D eigenvalue weighted by Gasteiger charge is -2.35. The van der Waals surface area contributed by atoms with Crippen molar-refractivity contribution in [3.05, 3.63) is 35.9 Å². The van der Waals surface area contributed by atoms with Gasteiger partial charge in [0.1, 0.15) is 0 Å². The zero-order valence-electron chi connectivity index (χ0n) is 11.3. The van der Waals surface area contributed by atoms with Gasteiger partial charge in [0.05, 0.1) is 12.2 Å². The van der Waals surface area contributed by atoms with Crippen LogP contribution in [0.15, 0.2) is 30.3 Å². The van der Waals surface area contributed by atoms with Crippen molar-refractivity contribution in [3.8, 4) is 0 Å². The quantitative estimate of drug-likeness (QED) is 0.920. The predicted octanol–water partition coefficient (Wildman–Crippen LogP) is 3.65. The lowest BCUT2D eigenvalue weighted by atomic mass is 9.81. The van der Waals surface area contributed by atoms with Crippen LogP contribution >= 0.6 is 0 Å². The number of ether oxygens (including phenoxy) is 1. The molecule has 1 aromatic rings. The molecule has 0 radical (unpaired) electrons. The third kappa shape index (κ3) is 3.73. The van der Waals surface area contributed by atoms with Crippen LogP contribution in [0.25, 0.3) is 0 Å². The number of aliphatic hydroxyl groups is 1. The molecule has 2 rings (SSSR count). The summed E-state index contributed by atoms with van der Waals surface area (Å²) >= 11 is 0. The van der Waals surface area contributed by atoms with Crippen molar-refractivity contribution < 1.29 is 23.0 Å². The molecule has 0 amide bonds. The van der Waals surface area contributed by atoms with E-state index < -0.39 is 24.5 Å². The van der Waals surface area contributed by atoms with Gasteiger partial charge < -0.3 is 9.84 Å². The van der Waals surface area contributed by atoms with Crippen LogP contribution in [-0.4, -0.2) is 29.6 Å². The summed E-state index contributed by atoms with van der Waals surface area (Å²) in [5.41, 5.74) is 1.09. The highest BCUT2D eigenvalue weighted by Crippen LogP contribution is 2.36. The van der Waals surface area contributed by atoms with Gasteiger partial charge in [-0.25, -0.2) is 0 Å². The summed E-state index contributed by atoms with van der Waals surface area (Å²) in [6, 6.07) is 9.66. The number of hydrogen-bond acceptors (Lipinski definition) is 2. The standard InChI is InChI=1S/C15H19F3O2/c1-10(15(16,17)18)20-14-9-12(7-8-13(14)19)11-5-3-2-4-6-11/h2-6,10,12-14,19H,7-9H2,1H3. The van der Waals surface area contributed by atoms with Gasteiger partial charge in [-0.2, -0.15) is 13.2 Å². The van der Waals surface area contributed by atoms with Crippen LogP contribution in [0.5, 0.6) is 0 Å². The van der Waals surface area contributed by atoms with Gasteiger partial charge in [0, 0.05) is 0 Å². The Morgan fingerprint density at radius 1 is 1.20 bits per heavy atom. The molecule has 4 unspecified atom stereocenters. The molecule has 1 aromatic carbocycles. The van der Waals surface area contributed by atoms with Crippen molar-refractivity contribution in [1.82, 2.24) is 0 Å². The molecule has 4 atom stereocenters. The van der Waals surface area contributed by atoms with Gasteiger partial charge in [-0.3, -0.25) is 0 Å². The third-order valence-corrected chi connectivity index (χ3v) is 3.87. The fraction of sp³-hybridized carbons (Fsp3) is 0.600. The largest absolute Gasteiger partial charge is 0.414 e. The molecule has 1 aliphatic rings. The van der Waals surface area contributed by atoms with Crippen molar-refractivity contribution >= 4 is 0 Å². The monoisotopic (exact) mass is 288 g/mol. The number of hydrogen-bond donors (Lipinski definition) is 1. The molecule has 20 heavy (non-hydrogen) atoms. The van der Waals surface area contributed by atoms with Crippen LogP contribution < -0.4 is 0 Å². The first-order valence-electron chi connectivity index (χ1n) is 6.83. The molecule has 2 nitrogen and oxygen atoms in total. The van der Waals surface area contributed by atoms with Crippen molar-refractivity contribution in [2.45, 2.75) is 56.6 Å². The molecule has 0 aromatic heterocycles. The van der Waals surface area contributed by atoms with E-state index in [1.165, 1.54) is 0 Å². The second kappa shape index (κ2) is 6.14. The minimum Gasteiger partial charge on any atom is -0.390 e. The summed E-state index contributed by atoms with van der Waals surface area (Å²) in [7, 11) is 0. The van der Waals surface area contributed by atoms with E-state index in [2.05, 4.69) is 0 Å². The van der Waals surface area contributed by atoms with Crippen molar-refractivity contribution in [1.29, 1.82) is 0 Å². The summed E-state index contributed by atoms with van der Waals surface area (Å²) in [5.74, 6) is 0.144. The maximum absolute atomic E-state index is 12.5. The average Bonchev–Trinajstić information content (AvgIpc) is 2.41. The Hall–Kier alpha value is -1.07. The summed E-state index contributed by atoms with van der Waals surface area (Å²) < 4.78 is 42.7. The molecule has 1 aliphatic carbocycles. The van der Waals surface area contributed by atoms with Crippen LogP contribution in [0.4, 0.5) is 13.2 Å². The summed E-state index contributed by atoms with van der Waals surface area (Å²) in [4.78, 5) is 0. The lowest BCUT2D eigenvalue weighted by Crippen LogP contribution is -2.41. The molecule has 0 heterocycles. The van der Waals surface area contributed by atoms with Crippen LogP contribution in [0.1, 0.15) is 37.7 Å². The summed E-state index contributed by atoms with van der Waals surface area (Å²) in [6.07, 6.45) is -6.16. The Morgan fingerprint density at radius 2 is 1.85 bits per heavy atom. The Labute approximate surface area is 116 Å². The van der Waals surface area contributed by atoms with Gasteiger partial charge >= 0.3 is 6.18 Å². The summed E-state index contributed by atoms with van der Waals surface area (Å²) in [6.45, 7) is 0.985. The zero-order valence-corrected chi connectivity index (χ0v) is 11.3. The van der Waals surface area contributed by atoms with Crippen molar-refractivity contribution in [2.24, 2.45) is 0 Å². The maximum Gasteiger partial charge on any atom is 0.414 e. The molecule has 0 aliphatic heterocycles. The molecule has 0 spiro atoms. The van der Waals surface area contributed by atoms with Crippen molar-refractivity contribution in [2.75, 3.05) is 0 Å². The molecule has 1 fully saturated rings. The fourth-order valence-electron chi connectivity index (χ4n) is 2.63. The Kier molecular flexibility index (Phi) is 4.70. The Bertz CT molecular complexity index is 419. The van der Waals surface area contributed by atoms with Gasteiger partial charge in [-0.05, 0) is 37.7 Å². The van der Waals surface area contributed by atoms with Crippen LogP contribution in [-0.2, 0) is 4.74 Å². The molecular weight excluding hydrogens is 269 g/mol.